The first-order valence-electron chi connectivity index (χ1n) is 26.2. The fourth-order valence-electron chi connectivity index (χ4n) is 9.33. The first kappa shape index (κ1) is 64.1. The predicted octanol–water partition coefficient (Wildman–Crippen LogP) is 5.82. The number of nitrogens with zero attached hydrogens (tertiary/aromatic N) is 5. The Bertz CT molecular complexity index is 3500. The molecule has 85 heavy (non-hydrogen) atoms. The van der Waals surface area contributed by atoms with Crippen LogP contribution in [0.1, 0.15) is 77.3 Å². The molecule has 1 aromatic heterocycles. The van der Waals surface area contributed by atoms with E-state index in [4.69, 9.17) is 72.9 Å². The molecule has 1 unspecified atom stereocenters. The number of anilines is 1. The third-order valence-corrected chi connectivity index (χ3v) is 14.2. The van der Waals surface area contributed by atoms with Crippen LogP contribution in [0.2, 0.25) is 0 Å². The summed E-state index contributed by atoms with van der Waals surface area (Å²) in [5.41, 5.74) is 9.33. The van der Waals surface area contributed by atoms with Crippen molar-refractivity contribution in [1.82, 2.24) is 9.88 Å². The zero-order valence-electron chi connectivity index (χ0n) is 47.1. The highest BCUT2D eigenvalue weighted by Gasteiger charge is 2.54. The van der Waals surface area contributed by atoms with Crippen LogP contribution in [0, 0.1) is 0 Å². The molecule has 0 bridgehead atoms. The van der Waals surface area contributed by atoms with Crippen molar-refractivity contribution in [3.8, 4) is 28.7 Å². The minimum absolute atomic E-state index is 0.00189. The minimum atomic E-state index is -5.42. The maximum atomic E-state index is 14.6. The Morgan fingerprint density at radius 3 is 2.09 bits per heavy atom. The van der Waals surface area contributed by atoms with Crippen LogP contribution in [0.25, 0.3) is 32.1 Å². The number of H-pyrrole nitrogens is 1. The largest absolute Gasteiger partial charge is 0.507 e. The van der Waals surface area contributed by atoms with Crippen LogP contribution in [0.3, 0.4) is 0 Å². The second kappa shape index (κ2) is 28.9. The molecule has 0 saturated carbocycles. The fraction of sp³-hybridized carbons (Fsp3) is 0.436. The molecule has 3 heterocycles. The molecule has 5 aromatic rings. The van der Waals surface area contributed by atoms with E-state index in [1.54, 1.807) is 6.07 Å². The van der Waals surface area contributed by atoms with Gasteiger partial charge in [0.2, 0.25) is 12.4 Å². The highest BCUT2D eigenvalue weighted by molar-refractivity contribution is 7.82. The number of likely N-dealkylation sites (N-methyl/N-ethyl adjacent to an activating group) is 1. The van der Waals surface area contributed by atoms with Crippen LogP contribution in [-0.4, -0.2) is 182 Å². The molecule has 2 amide bonds. The third-order valence-electron chi connectivity index (χ3n) is 13.0. The third kappa shape index (κ3) is 16.3. The van der Waals surface area contributed by atoms with Gasteiger partial charge < -0.3 is 75.6 Å². The normalized spacial score (nSPS) is 18.1. The van der Waals surface area contributed by atoms with Gasteiger partial charge in [0.05, 0.1) is 58.0 Å². The van der Waals surface area contributed by atoms with Gasteiger partial charge in [0.15, 0.2) is 35.2 Å². The quantitative estimate of drug-likeness (QED) is 0.00870. The number of aromatic hydroxyl groups is 1. The van der Waals surface area contributed by atoms with E-state index in [0.717, 1.165) is 39.8 Å². The summed E-state index contributed by atoms with van der Waals surface area (Å²) in [6, 6.07) is 13.6. The van der Waals surface area contributed by atoms with E-state index in [0.29, 0.717) is 27.6 Å². The fourth-order valence-corrected chi connectivity index (χ4v) is 10.3. The number of azide groups is 1. The van der Waals surface area contributed by atoms with Gasteiger partial charge in [-0.25, -0.2) is 0 Å². The van der Waals surface area contributed by atoms with E-state index < -0.39 is 107 Å². The Balaban J connectivity index is 1.24. The molecule has 6 atom stereocenters. The number of amides is 2. The number of phenolic OH excluding ortho intramolecular Hbond substituents is 1. The Kier molecular flexibility index (Phi) is 21.8. The highest BCUT2D eigenvalue weighted by atomic mass is 35.5. The molecule has 2 N–H and O–H groups in total. The van der Waals surface area contributed by atoms with Gasteiger partial charge in [-0.15, -0.1) is 20.0 Å². The van der Waals surface area contributed by atoms with E-state index in [2.05, 4.69) is 15.0 Å². The number of fused-ring (bicyclic) bond motifs is 4. The molecule has 7 rings (SSSR count). The molecule has 2 aliphatic rings. The molecule has 4 aromatic carbocycles. The number of phenols is 1. The topological polar surface area (TPSA) is 356 Å². The Morgan fingerprint density at radius 2 is 1.45 bits per heavy atom. The monoisotopic (exact) mass is 1220 g/mol. The number of nitrogens with one attached hydrogen (secondary N) is 1. The number of esters is 4. The van der Waals surface area contributed by atoms with Crippen LogP contribution >= 0.6 is 11.6 Å². The molecule has 1 fully saturated rings. The van der Waals surface area contributed by atoms with Crippen molar-refractivity contribution in [3.05, 3.63) is 93.5 Å². The van der Waals surface area contributed by atoms with Gasteiger partial charge in [0.1, 0.15) is 29.9 Å². The summed E-state index contributed by atoms with van der Waals surface area (Å²) in [6.07, 6.45) is -8.51. The van der Waals surface area contributed by atoms with Crippen LogP contribution in [0.15, 0.2) is 65.8 Å². The summed E-state index contributed by atoms with van der Waals surface area (Å²) in [5.74, 6) is -7.41. The van der Waals surface area contributed by atoms with Crippen molar-refractivity contribution in [2.75, 3.05) is 90.8 Å². The predicted molar refractivity (Wildman–Crippen MR) is 298 cm³/mol. The highest BCUT2D eigenvalue weighted by Crippen LogP contribution is 2.48. The summed E-state index contributed by atoms with van der Waals surface area (Å²) in [6.45, 7) is 6.10. The van der Waals surface area contributed by atoms with Crippen molar-refractivity contribution < 1.29 is 103 Å². The zero-order chi connectivity index (χ0) is 61.7. The molecule has 456 valence electrons. The number of ketones is 1. The van der Waals surface area contributed by atoms with Crippen molar-refractivity contribution >= 4 is 90.8 Å². The van der Waals surface area contributed by atoms with Crippen molar-refractivity contribution in [2.45, 2.75) is 71.2 Å². The molecular weight excluding hydrogens is 1160 g/mol. The van der Waals surface area contributed by atoms with Gasteiger partial charge in [-0.2, -0.15) is 0 Å². The van der Waals surface area contributed by atoms with Gasteiger partial charge in [0, 0.05) is 105 Å². The van der Waals surface area contributed by atoms with Gasteiger partial charge >= 0.3 is 34.3 Å². The van der Waals surface area contributed by atoms with E-state index in [9.17, 15) is 47.1 Å². The number of aromatic amines is 1. The lowest BCUT2D eigenvalue weighted by Crippen LogP contribution is -2.63. The SMILES string of the molecule is COc1ccc2c(OS(=O)(=O)Oc3cc(C(=O)N(C)CCOCCOCCOCCN=[N+]=[N-])ccc3O[C@@H]3O[C@H](COC(C)=O)[C@H](OC(C)=O)[C@H](OC(C)=O)C3OC(C)=O)cc3c(c2c1)[C@H](CCl)CN3C(=O)c1cc2cc(C(C)=O)c(O)cc2[nH]1. The van der Waals surface area contributed by atoms with Gasteiger partial charge in [-0.3, -0.25) is 33.6 Å². The summed E-state index contributed by atoms with van der Waals surface area (Å²) < 4.78 is 96.9. The number of hydrogen-bond acceptors (Lipinski definition) is 23. The van der Waals surface area contributed by atoms with E-state index in [1.165, 1.54) is 73.3 Å². The molecule has 0 radical (unpaired) electrons. The number of alkyl halides is 1. The van der Waals surface area contributed by atoms with Crippen molar-refractivity contribution in [2.24, 2.45) is 5.11 Å². The van der Waals surface area contributed by atoms with Crippen molar-refractivity contribution in [1.29, 1.82) is 0 Å². The number of hydrogen-bond donors (Lipinski definition) is 2. The number of carbonyl (C=O) groups excluding carboxylic acids is 7. The van der Waals surface area contributed by atoms with E-state index >= 15 is 0 Å². The van der Waals surface area contributed by atoms with E-state index in [1.807, 2.05) is 0 Å². The van der Waals surface area contributed by atoms with Crippen LogP contribution in [0.4, 0.5) is 5.69 Å². The Morgan fingerprint density at radius 1 is 0.788 bits per heavy atom. The maximum Gasteiger partial charge on any atom is 0.501 e. The summed E-state index contributed by atoms with van der Waals surface area (Å²) in [5, 5.41) is 14.9. The zero-order valence-corrected chi connectivity index (χ0v) is 48.6. The number of benzene rings is 4. The summed E-state index contributed by atoms with van der Waals surface area (Å²) in [7, 11) is -2.55. The van der Waals surface area contributed by atoms with Crippen LogP contribution in [-0.2, 0) is 67.5 Å². The average Bonchev–Trinajstić information content (AvgIpc) is 2.12. The number of ether oxygens (including phenoxy) is 10. The first-order valence-corrected chi connectivity index (χ1v) is 28.0. The van der Waals surface area contributed by atoms with E-state index in [-0.39, 0.29) is 105 Å². The number of methoxy groups -OCH3 is 1. The lowest BCUT2D eigenvalue weighted by molar-refractivity contribution is -0.288. The lowest BCUT2D eigenvalue weighted by atomic mass is 9.95. The smallest absolute Gasteiger partial charge is 0.501 e. The van der Waals surface area contributed by atoms with Crippen LogP contribution < -0.4 is 22.7 Å². The molecule has 2 aliphatic heterocycles. The Hall–Kier alpha value is -8.44. The van der Waals surface area contributed by atoms with Gasteiger partial charge in [-0.1, -0.05) is 5.11 Å². The second-order valence-electron chi connectivity index (χ2n) is 19.1. The van der Waals surface area contributed by atoms with Crippen molar-refractivity contribution in [3.63, 3.8) is 0 Å². The molecule has 30 heteroatoms. The van der Waals surface area contributed by atoms with Gasteiger partial charge in [0.25, 0.3) is 11.8 Å². The number of carbonyl (C=O) groups is 7. The molecular formula is C55H61ClN6O22S. The summed E-state index contributed by atoms with van der Waals surface area (Å²) >= 11 is 6.59. The average molecular weight is 1230 g/mol. The molecule has 28 nitrogen and oxygen atoms in total. The minimum Gasteiger partial charge on any atom is -0.507 e. The number of rotatable bonds is 28. The number of aromatic nitrogens is 1. The summed E-state index contributed by atoms with van der Waals surface area (Å²) in [4.78, 5) is 99.0. The molecule has 0 spiro atoms. The second-order valence-corrected chi connectivity index (χ2v) is 20.6. The van der Waals surface area contributed by atoms with Crippen LogP contribution in [0.5, 0.6) is 28.7 Å². The standard InChI is InChI=1S/C55H61ClN6O22S/c1-29(63)39-20-35-21-42(59-41(35)24-44(39)68)54(70)62-27-36(26-56)49-40-23-37(73-7)9-10-38(40)46(25-43(49)62)83-85(71,72)84-47-22-34(53(69)61(6)13-15-75-17-19-76-18-16-74-14-12-58-60-57)8-11-45(47)81-55-52(80-33(5)67)51(79-32(4)66)50(78-31(3)65)48(82-55)28-77-30(2)64/h8-11,20-25,36,48,50-52,55,59,68H,12-19,26-28H2,1-7H3/t36-,48-,50+,51+,52?,55-/m1/s1. The Labute approximate surface area is 491 Å². The maximum absolute atomic E-state index is 14.6. The molecule has 1 saturated heterocycles. The van der Waals surface area contributed by atoms with Gasteiger partial charge in [-0.05, 0) is 71.9 Å². The number of halogens is 1. The molecule has 0 aliphatic carbocycles. The lowest BCUT2D eigenvalue weighted by Gasteiger charge is -2.43. The number of Topliss-reactive ketones (excluding diaryl/α,β-unsaturated/α-hetero) is 1. The first-order chi connectivity index (χ1) is 40.5.